The van der Waals surface area contributed by atoms with Gasteiger partial charge >= 0.3 is 0 Å². The molecule has 2 amide bonds. The zero-order valence-electron chi connectivity index (χ0n) is 19.4. The smallest absolute Gasteiger partial charge is 0.255 e. The van der Waals surface area contributed by atoms with Gasteiger partial charge in [0, 0.05) is 44.6 Å². The predicted molar refractivity (Wildman–Crippen MR) is 127 cm³/mol. The van der Waals surface area contributed by atoms with E-state index < -0.39 is 11.9 Å². The molecule has 0 bridgehead atoms. The summed E-state index contributed by atoms with van der Waals surface area (Å²) in [4.78, 5) is 48.0. The van der Waals surface area contributed by atoms with Gasteiger partial charge in [0.25, 0.3) is 5.91 Å². The van der Waals surface area contributed by atoms with E-state index >= 15 is 0 Å². The average Bonchev–Trinajstić information content (AvgIpc) is 3.23. The highest BCUT2D eigenvalue weighted by atomic mass is 16.2. The van der Waals surface area contributed by atoms with E-state index in [9.17, 15) is 9.59 Å². The fourth-order valence-electron chi connectivity index (χ4n) is 3.84. The Morgan fingerprint density at radius 3 is 2.74 bits per heavy atom. The number of anilines is 1. The summed E-state index contributed by atoms with van der Waals surface area (Å²) in [7, 11) is 3.44. The Morgan fingerprint density at radius 2 is 2.06 bits per heavy atom. The number of hydrogen-bond donors (Lipinski definition) is 3. The second-order valence-corrected chi connectivity index (χ2v) is 8.09. The molecule has 11 nitrogen and oxygen atoms in total. The van der Waals surface area contributed by atoms with Crippen molar-refractivity contribution in [1.29, 1.82) is 5.26 Å². The van der Waals surface area contributed by atoms with Gasteiger partial charge in [-0.25, -0.2) is 15.0 Å². The van der Waals surface area contributed by atoms with Crippen molar-refractivity contribution in [1.82, 2.24) is 30.2 Å². The van der Waals surface area contributed by atoms with Crippen LogP contribution in [-0.2, 0) is 4.79 Å². The molecule has 1 aliphatic heterocycles. The van der Waals surface area contributed by atoms with Gasteiger partial charge in [-0.2, -0.15) is 5.26 Å². The van der Waals surface area contributed by atoms with E-state index in [2.05, 4.69) is 41.6 Å². The number of rotatable bonds is 6. The number of aromatic amines is 1. The van der Waals surface area contributed by atoms with Gasteiger partial charge in [-0.1, -0.05) is 0 Å². The number of aromatic nitrogens is 4. The lowest BCUT2D eigenvalue weighted by molar-refractivity contribution is -0.137. The summed E-state index contributed by atoms with van der Waals surface area (Å²) in [6, 6.07) is 5.19. The molecule has 0 aliphatic carbocycles. The van der Waals surface area contributed by atoms with Crippen LogP contribution in [0.1, 0.15) is 34.2 Å². The predicted octanol–water partition coefficient (Wildman–Crippen LogP) is 1.27. The Labute approximate surface area is 196 Å². The fraction of sp³-hybridized carbons (Fsp3) is 0.348. The minimum absolute atomic E-state index is 0.143. The van der Waals surface area contributed by atoms with Gasteiger partial charge in [0.15, 0.2) is 5.65 Å². The van der Waals surface area contributed by atoms with Gasteiger partial charge in [-0.3, -0.25) is 14.6 Å². The molecular weight excluding hydrogens is 434 g/mol. The van der Waals surface area contributed by atoms with Crippen molar-refractivity contribution in [2.75, 3.05) is 32.5 Å². The van der Waals surface area contributed by atoms with Crippen molar-refractivity contribution in [2.24, 2.45) is 10.9 Å². The van der Waals surface area contributed by atoms with Crippen LogP contribution in [0.2, 0.25) is 0 Å². The summed E-state index contributed by atoms with van der Waals surface area (Å²) in [6.45, 7) is 4.30. The number of nitrogens with one attached hydrogen (secondary N) is 3. The maximum absolute atomic E-state index is 13.0. The number of hydrogen-bond acceptors (Lipinski definition) is 8. The monoisotopic (exact) mass is 459 g/mol. The standard InChI is InChI=1S/C23H25N9O2/c1-12-5-6-15(20(26-4)29-12)18(25-3)17-9-28-21-19(31-17)16(8-27-21)22(33)30-13(2)23(34)32-10-14(7-24)11-32/h5-6,8-9,13-14H,10-11H2,1-4H3,(H,26,29)(H,27,28)(H,30,33). The lowest BCUT2D eigenvalue weighted by atomic mass is 10.0. The van der Waals surface area contributed by atoms with Crippen molar-refractivity contribution in [3.05, 3.63) is 47.0 Å². The van der Waals surface area contributed by atoms with Crippen molar-refractivity contribution in [2.45, 2.75) is 19.9 Å². The number of amides is 2. The Hall–Kier alpha value is -4.33. The maximum Gasteiger partial charge on any atom is 0.255 e. The molecule has 1 unspecified atom stereocenters. The van der Waals surface area contributed by atoms with Gasteiger partial charge in [0.2, 0.25) is 5.91 Å². The third kappa shape index (κ3) is 4.17. The molecule has 0 spiro atoms. The van der Waals surface area contributed by atoms with E-state index in [1.54, 1.807) is 32.1 Å². The normalized spacial score (nSPS) is 14.9. The highest BCUT2D eigenvalue weighted by Crippen LogP contribution is 2.21. The highest BCUT2D eigenvalue weighted by molar-refractivity contribution is 6.15. The summed E-state index contributed by atoms with van der Waals surface area (Å²) >= 11 is 0. The molecule has 1 fully saturated rings. The van der Waals surface area contributed by atoms with Gasteiger partial charge in [0.05, 0.1) is 29.5 Å². The summed E-state index contributed by atoms with van der Waals surface area (Å²) in [5, 5.41) is 14.7. The molecular formula is C23H25N9O2. The molecule has 1 aliphatic rings. The van der Waals surface area contributed by atoms with Crippen LogP contribution in [0.15, 0.2) is 29.5 Å². The van der Waals surface area contributed by atoms with Crippen LogP contribution >= 0.6 is 0 Å². The number of fused-ring (bicyclic) bond motifs is 1. The number of pyridine rings is 1. The number of likely N-dealkylation sites (tertiary alicyclic amines) is 1. The SMILES string of the molecule is CN=C(c1cnc2[nH]cc(C(=O)NC(C)C(=O)N3CC(C#N)C3)c2n1)c1ccc(C)nc1NC. The van der Waals surface area contributed by atoms with E-state index in [-0.39, 0.29) is 17.4 Å². The van der Waals surface area contributed by atoms with Crippen LogP contribution in [0.25, 0.3) is 11.2 Å². The summed E-state index contributed by atoms with van der Waals surface area (Å²) in [5.74, 6) is -0.153. The lowest BCUT2D eigenvalue weighted by Gasteiger charge is -2.37. The van der Waals surface area contributed by atoms with Gasteiger partial charge in [0.1, 0.15) is 23.1 Å². The first-order valence-electron chi connectivity index (χ1n) is 10.8. The summed E-state index contributed by atoms with van der Waals surface area (Å²) in [5.41, 5.74) is 3.77. The van der Waals surface area contributed by atoms with Gasteiger partial charge in [-0.05, 0) is 26.0 Å². The second kappa shape index (κ2) is 9.27. The number of aliphatic imine (C=N–C) groups is 1. The molecule has 11 heteroatoms. The number of H-pyrrole nitrogens is 1. The summed E-state index contributed by atoms with van der Waals surface area (Å²) in [6.07, 6.45) is 3.11. The van der Waals surface area contributed by atoms with Crippen LogP contribution < -0.4 is 10.6 Å². The summed E-state index contributed by atoms with van der Waals surface area (Å²) < 4.78 is 0. The highest BCUT2D eigenvalue weighted by Gasteiger charge is 2.33. The number of aryl methyl sites for hydroxylation is 1. The van der Waals surface area contributed by atoms with E-state index in [0.29, 0.717) is 41.5 Å². The Kier molecular flexibility index (Phi) is 6.23. The molecule has 3 N–H and O–H groups in total. The zero-order valence-corrected chi connectivity index (χ0v) is 19.4. The molecule has 4 rings (SSSR count). The topological polar surface area (TPSA) is 152 Å². The van der Waals surface area contributed by atoms with E-state index in [4.69, 9.17) is 5.26 Å². The van der Waals surface area contributed by atoms with E-state index in [1.165, 1.54) is 6.20 Å². The molecule has 3 aromatic heterocycles. The molecule has 1 saturated heterocycles. The first-order chi connectivity index (χ1) is 16.4. The number of nitrogens with zero attached hydrogens (tertiary/aromatic N) is 6. The van der Waals surface area contributed by atoms with Crippen molar-refractivity contribution in [3.8, 4) is 6.07 Å². The first-order valence-corrected chi connectivity index (χ1v) is 10.8. The second-order valence-electron chi connectivity index (χ2n) is 8.09. The molecule has 0 radical (unpaired) electrons. The molecule has 3 aromatic rings. The third-order valence-electron chi connectivity index (χ3n) is 5.71. The van der Waals surface area contributed by atoms with Crippen molar-refractivity contribution >= 4 is 34.5 Å². The fourth-order valence-corrected chi connectivity index (χ4v) is 3.84. The Bertz CT molecular complexity index is 1330. The third-order valence-corrected chi connectivity index (χ3v) is 5.71. The van der Waals surface area contributed by atoms with Crippen molar-refractivity contribution < 1.29 is 9.59 Å². The van der Waals surface area contributed by atoms with E-state index in [1.807, 2.05) is 19.1 Å². The molecule has 34 heavy (non-hydrogen) atoms. The maximum atomic E-state index is 13.0. The molecule has 1 atom stereocenters. The van der Waals surface area contributed by atoms with Crippen LogP contribution in [-0.4, -0.2) is 75.6 Å². The van der Waals surface area contributed by atoms with Crippen LogP contribution in [0, 0.1) is 24.2 Å². The Balaban J connectivity index is 1.59. The number of carbonyl (C=O) groups excluding carboxylic acids is 2. The minimum Gasteiger partial charge on any atom is -0.373 e. The van der Waals surface area contributed by atoms with Crippen LogP contribution in [0.4, 0.5) is 5.82 Å². The van der Waals surface area contributed by atoms with Crippen molar-refractivity contribution in [3.63, 3.8) is 0 Å². The largest absolute Gasteiger partial charge is 0.373 e. The molecule has 4 heterocycles. The molecule has 0 aromatic carbocycles. The lowest BCUT2D eigenvalue weighted by Crippen LogP contribution is -2.55. The first kappa shape index (κ1) is 22.8. The zero-order chi connectivity index (χ0) is 24.4. The van der Waals surface area contributed by atoms with Crippen LogP contribution in [0.3, 0.4) is 0 Å². The number of carbonyl (C=O) groups is 2. The van der Waals surface area contributed by atoms with Crippen LogP contribution in [0.5, 0.6) is 0 Å². The quantitative estimate of drug-likeness (QED) is 0.469. The minimum atomic E-state index is -0.738. The van der Waals surface area contributed by atoms with Gasteiger partial charge < -0.3 is 20.5 Å². The number of nitriles is 1. The molecule has 0 saturated carbocycles. The van der Waals surface area contributed by atoms with Gasteiger partial charge in [-0.15, -0.1) is 0 Å². The average molecular weight is 460 g/mol. The van der Waals surface area contributed by atoms with E-state index in [0.717, 1.165) is 11.3 Å². The Morgan fingerprint density at radius 1 is 1.29 bits per heavy atom. The molecule has 174 valence electrons.